The average Bonchev–Trinajstić information content (AvgIpc) is 2.46. The van der Waals surface area contributed by atoms with Crippen LogP contribution in [0.2, 0.25) is 0 Å². The third kappa shape index (κ3) is 4.73. The first-order chi connectivity index (χ1) is 10.4. The van der Waals surface area contributed by atoms with Crippen molar-refractivity contribution in [3.8, 4) is 0 Å². The number of benzene rings is 1. The predicted octanol–water partition coefficient (Wildman–Crippen LogP) is 2.82. The number of nitrogens with zero attached hydrogens (tertiary/aromatic N) is 1. The highest BCUT2D eigenvalue weighted by molar-refractivity contribution is 5.81. The zero-order chi connectivity index (χ0) is 16.2. The summed E-state index contributed by atoms with van der Waals surface area (Å²) < 4.78 is 36.6. The van der Waals surface area contributed by atoms with Gasteiger partial charge in [0, 0.05) is 19.6 Å². The van der Waals surface area contributed by atoms with Crippen LogP contribution >= 0.6 is 0 Å². The fourth-order valence-corrected chi connectivity index (χ4v) is 2.89. The Kier molecular flexibility index (Phi) is 5.45. The standard InChI is InChI=1S/C16H21F3N2O/c1-12-10-21(11-13-5-3-2-4-6-13)8-7-14(12)9-20-15(22)16(17,18)19/h2-6,12,14H,7-11H2,1H3,(H,20,22)/t12-,14?/m0/s1. The Labute approximate surface area is 128 Å². The van der Waals surface area contributed by atoms with Crippen LogP contribution < -0.4 is 5.32 Å². The number of nitrogens with one attached hydrogen (secondary N) is 1. The summed E-state index contributed by atoms with van der Waals surface area (Å²) in [6.07, 6.45) is -4.00. The fraction of sp³-hybridized carbons (Fsp3) is 0.562. The van der Waals surface area contributed by atoms with Crippen molar-refractivity contribution in [2.24, 2.45) is 11.8 Å². The van der Waals surface area contributed by atoms with Gasteiger partial charge in [-0.1, -0.05) is 37.3 Å². The van der Waals surface area contributed by atoms with E-state index in [0.29, 0.717) is 0 Å². The van der Waals surface area contributed by atoms with Gasteiger partial charge < -0.3 is 5.32 Å². The third-order valence-corrected chi connectivity index (χ3v) is 4.20. The molecule has 1 N–H and O–H groups in total. The van der Waals surface area contributed by atoms with Crippen molar-refractivity contribution >= 4 is 5.91 Å². The molecule has 0 aliphatic carbocycles. The SMILES string of the molecule is C[C@H]1CN(Cc2ccccc2)CCC1CNC(=O)C(F)(F)F. The van der Waals surface area contributed by atoms with Crippen LogP contribution in [0, 0.1) is 11.8 Å². The molecule has 0 aromatic heterocycles. The normalized spacial score (nSPS) is 23.3. The summed E-state index contributed by atoms with van der Waals surface area (Å²) in [4.78, 5) is 13.2. The third-order valence-electron chi connectivity index (χ3n) is 4.20. The maximum absolute atomic E-state index is 12.2. The van der Waals surface area contributed by atoms with Crippen molar-refractivity contribution in [2.45, 2.75) is 26.1 Å². The van der Waals surface area contributed by atoms with E-state index in [4.69, 9.17) is 0 Å². The number of hydrogen-bond acceptors (Lipinski definition) is 2. The van der Waals surface area contributed by atoms with Gasteiger partial charge in [0.25, 0.3) is 0 Å². The molecule has 1 aliphatic heterocycles. The maximum Gasteiger partial charge on any atom is 0.471 e. The van der Waals surface area contributed by atoms with Crippen molar-refractivity contribution in [3.05, 3.63) is 35.9 Å². The summed E-state index contributed by atoms with van der Waals surface area (Å²) in [6.45, 7) is 4.65. The second-order valence-electron chi connectivity index (χ2n) is 5.95. The highest BCUT2D eigenvalue weighted by atomic mass is 19.4. The molecule has 2 atom stereocenters. The number of piperidine rings is 1. The smallest absolute Gasteiger partial charge is 0.348 e. The maximum atomic E-state index is 12.2. The Hall–Kier alpha value is -1.56. The molecule has 1 aromatic rings. The van der Waals surface area contributed by atoms with Crippen LogP contribution in [0.1, 0.15) is 18.9 Å². The molecule has 1 aromatic carbocycles. The second kappa shape index (κ2) is 7.13. The van der Waals surface area contributed by atoms with E-state index in [0.717, 1.165) is 26.1 Å². The first kappa shape index (κ1) is 16.8. The Morgan fingerprint density at radius 1 is 1.32 bits per heavy atom. The molecule has 22 heavy (non-hydrogen) atoms. The van der Waals surface area contributed by atoms with E-state index in [-0.39, 0.29) is 18.4 Å². The number of amides is 1. The topological polar surface area (TPSA) is 32.3 Å². The number of hydrogen-bond donors (Lipinski definition) is 1. The lowest BCUT2D eigenvalue weighted by Gasteiger charge is -2.37. The van der Waals surface area contributed by atoms with Gasteiger partial charge in [-0.15, -0.1) is 0 Å². The van der Waals surface area contributed by atoms with E-state index in [1.54, 1.807) is 0 Å². The zero-order valence-electron chi connectivity index (χ0n) is 12.6. The molecule has 0 radical (unpaired) electrons. The van der Waals surface area contributed by atoms with Gasteiger partial charge in [-0.2, -0.15) is 13.2 Å². The van der Waals surface area contributed by atoms with Crippen LogP contribution in [0.15, 0.2) is 30.3 Å². The predicted molar refractivity (Wildman–Crippen MR) is 78.1 cm³/mol. The molecule has 0 bridgehead atoms. The van der Waals surface area contributed by atoms with Gasteiger partial charge in [0.2, 0.25) is 0 Å². The molecule has 1 amide bonds. The molecule has 0 saturated carbocycles. The quantitative estimate of drug-likeness (QED) is 0.927. The second-order valence-corrected chi connectivity index (χ2v) is 5.95. The van der Waals surface area contributed by atoms with Crippen LogP contribution in [0.5, 0.6) is 0 Å². The molecule has 1 heterocycles. The minimum Gasteiger partial charge on any atom is -0.348 e. The summed E-state index contributed by atoms with van der Waals surface area (Å²) >= 11 is 0. The fourth-order valence-electron chi connectivity index (χ4n) is 2.89. The van der Waals surface area contributed by atoms with Crippen LogP contribution in [0.4, 0.5) is 13.2 Å². The van der Waals surface area contributed by atoms with Gasteiger partial charge in [0.15, 0.2) is 0 Å². The van der Waals surface area contributed by atoms with Gasteiger partial charge in [-0.25, -0.2) is 0 Å². The van der Waals surface area contributed by atoms with Crippen molar-refractivity contribution in [2.75, 3.05) is 19.6 Å². The lowest BCUT2D eigenvalue weighted by Crippen LogP contribution is -2.45. The monoisotopic (exact) mass is 314 g/mol. The van der Waals surface area contributed by atoms with Crippen LogP contribution in [0.25, 0.3) is 0 Å². The number of halogens is 3. The summed E-state index contributed by atoms with van der Waals surface area (Å²) in [7, 11) is 0. The Morgan fingerprint density at radius 2 is 2.00 bits per heavy atom. The van der Waals surface area contributed by atoms with E-state index in [1.807, 2.05) is 30.4 Å². The first-order valence-electron chi connectivity index (χ1n) is 7.47. The number of alkyl halides is 3. The largest absolute Gasteiger partial charge is 0.471 e. The lowest BCUT2D eigenvalue weighted by molar-refractivity contribution is -0.173. The molecule has 6 heteroatoms. The Morgan fingerprint density at radius 3 is 2.59 bits per heavy atom. The number of carbonyl (C=O) groups is 1. The molecule has 122 valence electrons. The van der Waals surface area contributed by atoms with Gasteiger partial charge in [-0.3, -0.25) is 9.69 Å². The minimum absolute atomic E-state index is 0.0957. The van der Waals surface area contributed by atoms with Crippen LogP contribution in [-0.4, -0.2) is 36.6 Å². The first-order valence-corrected chi connectivity index (χ1v) is 7.47. The molecule has 1 unspecified atom stereocenters. The highest BCUT2D eigenvalue weighted by Gasteiger charge is 2.39. The Balaban J connectivity index is 1.79. The van der Waals surface area contributed by atoms with Gasteiger partial charge in [-0.05, 0) is 30.4 Å². The zero-order valence-corrected chi connectivity index (χ0v) is 12.6. The molecule has 0 spiro atoms. The van der Waals surface area contributed by atoms with E-state index in [9.17, 15) is 18.0 Å². The molecule has 1 fully saturated rings. The van der Waals surface area contributed by atoms with Crippen molar-refractivity contribution < 1.29 is 18.0 Å². The number of rotatable bonds is 4. The van der Waals surface area contributed by atoms with E-state index in [1.165, 1.54) is 5.56 Å². The van der Waals surface area contributed by atoms with Crippen LogP contribution in [0.3, 0.4) is 0 Å². The number of likely N-dealkylation sites (tertiary alicyclic amines) is 1. The Bertz CT molecular complexity index is 490. The van der Waals surface area contributed by atoms with Crippen LogP contribution in [-0.2, 0) is 11.3 Å². The average molecular weight is 314 g/mol. The molecular weight excluding hydrogens is 293 g/mol. The van der Waals surface area contributed by atoms with Gasteiger partial charge >= 0.3 is 12.1 Å². The molecular formula is C16H21F3N2O. The van der Waals surface area contributed by atoms with E-state index < -0.39 is 12.1 Å². The summed E-state index contributed by atoms with van der Waals surface area (Å²) in [5.41, 5.74) is 1.23. The lowest BCUT2D eigenvalue weighted by atomic mass is 9.86. The number of carbonyl (C=O) groups excluding carboxylic acids is 1. The molecule has 1 saturated heterocycles. The van der Waals surface area contributed by atoms with Crippen molar-refractivity contribution in [1.82, 2.24) is 10.2 Å². The molecule has 2 rings (SSSR count). The van der Waals surface area contributed by atoms with Crippen molar-refractivity contribution in [3.63, 3.8) is 0 Å². The summed E-state index contributed by atoms with van der Waals surface area (Å²) in [5, 5.41) is 2.00. The van der Waals surface area contributed by atoms with E-state index in [2.05, 4.69) is 17.0 Å². The summed E-state index contributed by atoms with van der Waals surface area (Å²) in [6, 6.07) is 10.1. The summed E-state index contributed by atoms with van der Waals surface area (Å²) in [5.74, 6) is -1.49. The van der Waals surface area contributed by atoms with E-state index >= 15 is 0 Å². The van der Waals surface area contributed by atoms with Gasteiger partial charge in [0.1, 0.15) is 0 Å². The molecule has 1 aliphatic rings. The van der Waals surface area contributed by atoms with Crippen molar-refractivity contribution in [1.29, 1.82) is 0 Å². The van der Waals surface area contributed by atoms with Gasteiger partial charge in [0.05, 0.1) is 0 Å². The minimum atomic E-state index is -4.79. The highest BCUT2D eigenvalue weighted by Crippen LogP contribution is 2.24. The molecule has 3 nitrogen and oxygen atoms in total.